The van der Waals surface area contributed by atoms with Gasteiger partial charge in [-0.1, -0.05) is 0 Å². The Kier molecular flexibility index (Phi) is 2.44. The molecular weight excluding hydrogens is 150 g/mol. The molecule has 1 rings (SSSR count). The largest absolute Gasteiger partial charge is 0.492 e. The van der Waals surface area contributed by atoms with Gasteiger partial charge in [-0.3, -0.25) is 0 Å². The molecule has 0 N–H and O–H groups in total. The van der Waals surface area contributed by atoms with Gasteiger partial charge in [0.25, 0.3) is 0 Å². The van der Waals surface area contributed by atoms with Crippen molar-refractivity contribution in [3.05, 3.63) is 0 Å². The summed E-state index contributed by atoms with van der Waals surface area (Å²) in [5.41, 5.74) is 0. The molecule has 0 atom stereocenters. The van der Waals surface area contributed by atoms with Crippen LogP contribution in [0.2, 0.25) is 0 Å². The van der Waals surface area contributed by atoms with Gasteiger partial charge in [-0.15, -0.1) is 23.2 Å². The molecule has 1 saturated heterocycles. The van der Waals surface area contributed by atoms with Gasteiger partial charge in [-0.05, 0) is 0 Å². The van der Waals surface area contributed by atoms with Gasteiger partial charge in [0.15, 0.2) is 0 Å². The van der Waals surface area contributed by atoms with Crippen molar-refractivity contribution in [1.82, 2.24) is 0 Å². The first kappa shape index (κ1) is 6.68. The summed E-state index contributed by atoms with van der Waals surface area (Å²) in [5.74, 6) is 0. The molecule has 0 spiro atoms. The number of halogens is 2. The molecule has 46 valence electrons. The number of alkyl halides is 2. The Morgan fingerprint density at radius 3 is 2.00 bits per heavy atom. The fourth-order valence-corrected chi connectivity index (χ4v) is 0.813. The zero-order valence-electron chi connectivity index (χ0n) is 4.14. The van der Waals surface area contributed by atoms with Crippen LogP contribution >= 0.6 is 23.2 Å². The molecule has 0 amide bonds. The average Bonchev–Trinajstić information content (AvgIpc) is 2.12. The van der Waals surface area contributed by atoms with E-state index >= 15 is 0 Å². The summed E-state index contributed by atoms with van der Waals surface area (Å²) >= 11 is 10.8. The standard InChI is InChI=1S/C3H5BCl2O2/c5-3(6)4-7-1-2-8-4/h3H,1-2H2. The Bertz CT molecular complexity index is 73.7. The third kappa shape index (κ3) is 1.52. The third-order valence-corrected chi connectivity index (χ3v) is 1.26. The van der Waals surface area contributed by atoms with Gasteiger partial charge in [-0.25, -0.2) is 0 Å². The molecule has 8 heavy (non-hydrogen) atoms. The van der Waals surface area contributed by atoms with E-state index in [1.807, 2.05) is 0 Å². The van der Waals surface area contributed by atoms with E-state index in [0.717, 1.165) is 0 Å². The highest BCUT2D eigenvalue weighted by Gasteiger charge is 2.30. The second-order valence-corrected chi connectivity index (χ2v) is 2.61. The second kappa shape index (κ2) is 2.92. The third-order valence-electron chi connectivity index (χ3n) is 0.853. The van der Waals surface area contributed by atoms with Gasteiger partial charge in [0.05, 0.1) is 13.2 Å². The minimum absolute atomic E-state index is 0.404. The van der Waals surface area contributed by atoms with Crippen LogP contribution in [0.3, 0.4) is 0 Å². The Balaban J connectivity index is 2.24. The summed E-state index contributed by atoms with van der Waals surface area (Å²) in [7, 11) is -0.404. The monoisotopic (exact) mass is 154 g/mol. The summed E-state index contributed by atoms with van der Waals surface area (Å²) in [5, 5.41) is 0. The van der Waals surface area contributed by atoms with E-state index in [1.165, 1.54) is 0 Å². The molecule has 2 nitrogen and oxygen atoms in total. The van der Waals surface area contributed by atoms with Gasteiger partial charge < -0.3 is 9.31 Å². The molecule has 0 aromatic carbocycles. The van der Waals surface area contributed by atoms with Crippen LogP contribution < -0.4 is 0 Å². The van der Waals surface area contributed by atoms with Crippen LogP contribution in [0.25, 0.3) is 0 Å². The smallest absolute Gasteiger partial charge is 0.407 e. The van der Waals surface area contributed by atoms with Crippen molar-refractivity contribution in [3.8, 4) is 0 Å². The van der Waals surface area contributed by atoms with Crippen LogP contribution in [0.15, 0.2) is 0 Å². The Hall–Kier alpha value is 0.565. The Labute approximate surface area is 58.2 Å². The maximum Gasteiger partial charge on any atom is 0.492 e. The van der Waals surface area contributed by atoms with E-state index < -0.39 is 11.9 Å². The number of hydrogen-bond acceptors (Lipinski definition) is 2. The van der Waals surface area contributed by atoms with Gasteiger partial charge in [0, 0.05) is 0 Å². The van der Waals surface area contributed by atoms with Crippen molar-refractivity contribution >= 4 is 30.3 Å². The molecule has 0 radical (unpaired) electrons. The predicted octanol–water partition coefficient (Wildman–Crippen LogP) is 0.864. The summed E-state index contributed by atoms with van der Waals surface area (Å²) in [6.07, 6.45) is 0. The Morgan fingerprint density at radius 1 is 1.25 bits per heavy atom. The molecular formula is C3H5BCl2O2. The van der Waals surface area contributed by atoms with E-state index in [0.29, 0.717) is 13.2 Å². The van der Waals surface area contributed by atoms with Gasteiger partial charge in [0.2, 0.25) is 0 Å². The maximum atomic E-state index is 5.40. The van der Waals surface area contributed by atoms with Crippen LogP contribution in [-0.4, -0.2) is 25.1 Å². The van der Waals surface area contributed by atoms with E-state index in [1.54, 1.807) is 0 Å². The van der Waals surface area contributed by atoms with E-state index in [2.05, 4.69) is 0 Å². The maximum absolute atomic E-state index is 5.40. The van der Waals surface area contributed by atoms with E-state index in [9.17, 15) is 0 Å². The lowest BCUT2D eigenvalue weighted by atomic mass is 9.96. The molecule has 0 aromatic rings. The van der Waals surface area contributed by atoms with Crippen molar-refractivity contribution in [2.75, 3.05) is 13.2 Å². The molecule has 0 aliphatic carbocycles. The van der Waals surface area contributed by atoms with Gasteiger partial charge in [0.1, 0.15) is 4.74 Å². The van der Waals surface area contributed by atoms with Crippen molar-refractivity contribution in [2.45, 2.75) is 4.74 Å². The normalized spacial score (nSPS) is 20.6. The van der Waals surface area contributed by atoms with Gasteiger partial charge >= 0.3 is 7.12 Å². The summed E-state index contributed by atoms with van der Waals surface area (Å²) in [6.45, 7) is 1.20. The molecule has 1 aliphatic heterocycles. The fraction of sp³-hybridized carbons (Fsp3) is 1.00. The zero-order chi connectivity index (χ0) is 5.98. The second-order valence-electron chi connectivity index (χ2n) is 1.44. The summed E-state index contributed by atoms with van der Waals surface area (Å²) in [6, 6.07) is 0. The first-order valence-corrected chi connectivity index (χ1v) is 3.19. The average molecular weight is 155 g/mol. The van der Waals surface area contributed by atoms with E-state index in [-0.39, 0.29) is 0 Å². The lowest BCUT2D eigenvalue weighted by Gasteiger charge is -2.00. The highest BCUT2D eigenvalue weighted by molar-refractivity contribution is 6.73. The molecule has 1 heterocycles. The molecule has 0 aromatic heterocycles. The van der Waals surface area contributed by atoms with E-state index in [4.69, 9.17) is 32.5 Å². The SMILES string of the molecule is ClC(Cl)B1OCCO1. The van der Waals surface area contributed by atoms with Crippen LogP contribution in [0.4, 0.5) is 0 Å². The molecule has 5 heteroatoms. The lowest BCUT2D eigenvalue weighted by molar-refractivity contribution is 0.365. The molecule has 0 bridgehead atoms. The minimum Gasteiger partial charge on any atom is -0.407 e. The molecule has 0 unspecified atom stereocenters. The van der Waals surface area contributed by atoms with Crippen LogP contribution in [0.1, 0.15) is 0 Å². The predicted molar refractivity (Wildman–Crippen MR) is 33.2 cm³/mol. The van der Waals surface area contributed by atoms with Crippen LogP contribution in [0.5, 0.6) is 0 Å². The van der Waals surface area contributed by atoms with Gasteiger partial charge in [-0.2, -0.15) is 0 Å². The first-order valence-electron chi connectivity index (χ1n) is 2.32. The molecule has 1 fully saturated rings. The quantitative estimate of drug-likeness (QED) is 0.412. The van der Waals surface area contributed by atoms with Crippen LogP contribution in [0, 0.1) is 0 Å². The zero-order valence-corrected chi connectivity index (χ0v) is 5.65. The summed E-state index contributed by atoms with van der Waals surface area (Å²) in [4.78, 5) is 0. The fourth-order valence-electron chi connectivity index (χ4n) is 0.522. The topological polar surface area (TPSA) is 18.5 Å². The highest BCUT2D eigenvalue weighted by Crippen LogP contribution is 2.12. The lowest BCUT2D eigenvalue weighted by Crippen LogP contribution is -2.22. The van der Waals surface area contributed by atoms with Crippen LogP contribution in [-0.2, 0) is 9.31 Å². The van der Waals surface area contributed by atoms with Crippen molar-refractivity contribution < 1.29 is 9.31 Å². The van der Waals surface area contributed by atoms with Crippen molar-refractivity contribution in [2.24, 2.45) is 0 Å². The number of rotatable bonds is 1. The minimum atomic E-state index is -0.558. The number of hydrogen-bond donors (Lipinski definition) is 0. The highest BCUT2D eigenvalue weighted by atomic mass is 35.5. The Morgan fingerprint density at radius 2 is 1.75 bits per heavy atom. The first-order chi connectivity index (χ1) is 3.80. The summed E-state index contributed by atoms with van der Waals surface area (Å²) < 4.78 is 9.30. The van der Waals surface area contributed by atoms with Crippen molar-refractivity contribution in [1.29, 1.82) is 0 Å². The molecule has 0 saturated carbocycles. The van der Waals surface area contributed by atoms with Crippen molar-refractivity contribution in [3.63, 3.8) is 0 Å². The molecule has 1 aliphatic rings.